The van der Waals surface area contributed by atoms with E-state index < -0.39 is 22.8 Å². The topological polar surface area (TPSA) is 48.0 Å². The summed E-state index contributed by atoms with van der Waals surface area (Å²) in [5, 5.41) is -0.519. The van der Waals surface area contributed by atoms with Crippen molar-refractivity contribution < 1.29 is 32.2 Å². The zero-order valence-corrected chi connectivity index (χ0v) is 16.2. The molecule has 0 aromatic heterocycles. The van der Waals surface area contributed by atoms with E-state index in [-0.39, 0.29) is 23.8 Å². The molecule has 0 bridgehead atoms. The Balaban J connectivity index is 2.01. The SMILES string of the molecule is COc1ccc(C2SCC(=O)N2Cc2ccc(F)c(F)c2F)c(OC)c1OC. The highest BCUT2D eigenvalue weighted by Gasteiger charge is 2.36. The first kappa shape index (κ1) is 20.2. The molecule has 1 heterocycles. The number of hydrogen-bond donors (Lipinski definition) is 0. The van der Waals surface area contributed by atoms with E-state index in [1.54, 1.807) is 12.1 Å². The van der Waals surface area contributed by atoms with Crippen molar-refractivity contribution >= 4 is 17.7 Å². The predicted octanol–water partition coefficient (Wildman–Crippen LogP) is 3.90. The highest BCUT2D eigenvalue weighted by Crippen LogP contribution is 2.49. The van der Waals surface area contributed by atoms with Crippen LogP contribution in [-0.4, -0.2) is 37.9 Å². The Morgan fingerprint density at radius 3 is 2.36 bits per heavy atom. The van der Waals surface area contributed by atoms with Crippen molar-refractivity contribution in [1.29, 1.82) is 0 Å². The largest absolute Gasteiger partial charge is 0.493 e. The molecule has 9 heteroatoms. The first-order valence-corrected chi connectivity index (χ1v) is 9.30. The van der Waals surface area contributed by atoms with Gasteiger partial charge in [-0.3, -0.25) is 4.79 Å². The lowest BCUT2D eigenvalue weighted by molar-refractivity contribution is -0.128. The summed E-state index contributed by atoms with van der Waals surface area (Å²) in [5.74, 6) is -3.04. The first-order valence-electron chi connectivity index (χ1n) is 8.25. The van der Waals surface area contributed by atoms with Crippen molar-refractivity contribution in [3.8, 4) is 17.2 Å². The fourth-order valence-corrected chi connectivity index (χ4v) is 4.28. The number of amides is 1. The maximum Gasteiger partial charge on any atom is 0.234 e. The third-order valence-corrected chi connectivity index (χ3v) is 5.66. The summed E-state index contributed by atoms with van der Waals surface area (Å²) in [7, 11) is 4.41. The zero-order valence-electron chi connectivity index (χ0n) is 15.4. The summed E-state index contributed by atoms with van der Waals surface area (Å²) in [6.45, 7) is -0.211. The van der Waals surface area contributed by atoms with Gasteiger partial charge in [-0.25, -0.2) is 13.2 Å². The van der Waals surface area contributed by atoms with E-state index in [9.17, 15) is 18.0 Å². The molecule has 1 fully saturated rings. The van der Waals surface area contributed by atoms with Crippen molar-refractivity contribution in [2.24, 2.45) is 0 Å². The summed E-state index contributed by atoms with van der Waals surface area (Å²) in [6.07, 6.45) is 0. The van der Waals surface area contributed by atoms with Crippen molar-refractivity contribution in [3.05, 3.63) is 52.8 Å². The molecule has 1 atom stereocenters. The van der Waals surface area contributed by atoms with E-state index in [4.69, 9.17) is 14.2 Å². The van der Waals surface area contributed by atoms with Crippen molar-refractivity contribution in [1.82, 2.24) is 4.90 Å². The van der Waals surface area contributed by atoms with Gasteiger partial charge in [0.05, 0.1) is 33.6 Å². The second-order valence-electron chi connectivity index (χ2n) is 5.94. The van der Waals surface area contributed by atoms with E-state index >= 15 is 0 Å². The van der Waals surface area contributed by atoms with E-state index in [1.165, 1.54) is 38.0 Å². The van der Waals surface area contributed by atoms with Gasteiger partial charge in [-0.1, -0.05) is 6.07 Å². The van der Waals surface area contributed by atoms with Gasteiger partial charge in [0.1, 0.15) is 5.37 Å². The van der Waals surface area contributed by atoms with Crippen molar-refractivity contribution in [3.63, 3.8) is 0 Å². The third kappa shape index (κ3) is 3.46. The summed E-state index contributed by atoms with van der Waals surface area (Å²) in [5.41, 5.74) is 0.512. The second-order valence-corrected chi connectivity index (χ2v) is 7.01. The molecule has 2 aromatic rings. The summed E-state index contributed by atoms with van der Waals surface area (Å²) >= 11 is 1.32. The molecule has 0 spiro atoms. The number of ether oxygens (including phenoxy) is 3. The molecule has 2 aromatic carbocycles. The van der Waals surface area contributed by atoms with E-state index in [0.717, 1.165) is 12.1 Å². The molecule has 0 aliphatic carbocycles. The van der Waals surface area contributed by atoms with E-state index in [1.807, 2.05) is 0 Å². The van der Waals surface area contributed by atoms with Crippen LogP contribution in [0.3, 0.4) is 0 Å². The molecule has 3 rings (SSSR count). The van der Waals surface area contributed by atoms with Crippen LogP contribution < -0.4 is 14.2 Å². The Labute approximate surface area is 164 Å². The van der Waals surface area contributed by atoms with Gasteiger partial charge in [0.15, 0.2) is 29.0 Å². The Kier molecular flexibility index (Phi) is 5.93. The Morgan fingerprint density at radius 1 is 1.00 bits per heavy atom. The molecular weight excluding hydrogens is 395 g/mol. The minimum absolute atomic E-state index is 0.112. The quantitative estimate of drug-likeness (QED) is 0.673. The van der Waals surface area contributed by atoms with E-state index in [0.29, 0.717) is 22.8 Å². The summed E-state index contributed by atoms with van der Waals surface area (Å²) in [4.78, 5) is 13.8. The van der Waals surface area contributed by atoms with Crippen LogP contribution in [0.25, 0.3) is 0 Å². The maximum atomic E-state index is 14.1. The lowest BCUT2D eigenvalue weighted by atomic mass is 10.1. The minimum atomic E-state index is -1.56. The van der Waals surface area contributed by atoms with Gasteiger partial charge >= 0.3 is 0 Å². The summed E-state index contributed by atoms with van der Waals surface area (Å²) in [6, 6.07) is 5.38. The number of methoxy groups -OCH3 is 3. The molecule has 1 aliphatic rings. The average Bonchev–Trinajstić information content (AvgIpc) is 3.07. The number of carbonyl (C=O) groups excluding carboxylic acids is 1. The standard InChI is InChI=1S/C19H18F3NO4S/c1-25-13-7-5-11(17(26-2)18(13)27-3)19-23(14(24)9-28-19)8-10-4-6-12(20)16(22)15(10)21/h4-7,19H,8-9H2,1-3H3. The van der Waals surface area contributed by atoms with Gasteiger partial charge in [0.2, 0.25) is 11.7 Å². The van der Waals surface area contributed by atoms with Crippen LogP contribution in [0.4, 0.5) is 13.2 Å². The lowest BCUT2D eigenvalue weighted by Crippen LogP contribution is -2.28. The van der Waals surface area contributed by atoms with Gasteiger partial charge < -0.3 is 19.1 Å². The molecule has 1 aliphatic heterocycles. The lowest BCUT2D eigenvalue weighted by Gasteiger charge is -2.27. The summed E-state index contributed by atoms with van der Waals surface area (Å²) < 4.78 is 57.0. The smallest absolute Gasteiger partial charge is 0.234 e. The average molecular weight is 413 g/mol. The van der Waals surface area contributed by atoms with Gasteiger partial charge in [-0.2, -0.15) is 0 Å². The fourth-order valence-electron chi connectivity index (χ4n) is 3.07. The van der Waals surface area contributed by atoms with Crippen LogP contribution in [0.5, 0.6) is 17.2 Å². The predicted molar refractivity (Wildman–Crippen MR) is 98.2 cm³/mol. The number of halogens is 3. The number of benzene rings is 2. The number of thioether (sulfide) groups is 1. The van der Waals surface area contributed by atoms with Gasteiger partial charge in [-0.15, -0.1) is 11.8 Å². The molecule has 0 radical (unpaired) electrons. The zero-order chi connectivity index (χ0) is 20.4. The molecule has 28 heavy (non-hydrogen) atoms. The number of rotatable bonds is 6. The first-order chi connectivity index (χ1) is 13.4. The molecule has 1 unspecified atom stereocenters. The molecule has 0 saturated carbocycles. The van der Waals surface area contributed by atoms with Gasteiger partial charge in [0.25, 0.3) is 0 Å². The fraction of sp³-hybridized carbons (Fsp3) is 0.316. The Morgan fingerprint density at radius 2 is 1.71 bits per heavy atom. The van der Waals surface area contributed by atoms with Crippen molar-refractivity contribution in [2.75, 3.05) is 27.1 Å². The second kappa shape index (κ2) is 8.22. The van der Waals surface area contributed by atoms with Crippen LogP contribution in [0.2, 0.25) is 0 Å². The van der Waals surface area contributed by atoms with Crippen molar-refractivity contribution in [2.45, 2.75) is 11.9 Å². The van der Waals surface area contributed by atoms with Gasteiger partial charge in [0, 0.05) is 11.1 Å². The Hall–Kier alpha value is -2.55. The van der Waals surface area contributed by atoms with Crippen LogP contribution in [0, 0.1) is 17.5 Å². The monoisotopic (exact) mass is 413 g/mol. The van der Waals surface area contributed by atoms with Crippen LogP contribution >= 0.6 is 11.8 Å². The molecule has 1 amide bonds. The van der Waals surface area contributed by atoms with Crippen LogP contribution in [0.1, 0.15) is 16.5 Å². The molecular formula is C19H18F3NO4S. The number of nitrogens with zero attached hydrogens (tertiary/aromatic N) is 1. The third-order valence-electron chi connectivity index (χ3n) is 4.42. The van der Waals surface area contributed by atoms with Gasteiger partial charge in [-0.05, 0) is 18.2 Å². The molecule has 150 valence electrons. The van der Waals surface area contributed by atoms with Crippen LogP contribution in [0.15, 0.2) is 24.3 Å². The van der Waals surface area contributed by atoms with E-state index in [2.05, 4.69) is 0 Å². The number of carbonyl (C=O) groups is 1. The highest BCUT2D eigenvalue weighted by atomic mass is 32.2. The maximum absolute atomic E-state index is 14.1. The van der Waals surface area contributed by atoms with Crippen LogP contribution in [-0.2, 0) is 11.3 Å². The highest BCUT2D eigenvalue weighted by molar-refractivity contribution is 8.00. The Bertz CT molecular complexity index is 909. The minimum Gasteiger partial charge on any atom is -0.493 e. The molecule has 5 nitrogen and oxygen atoms in total. The normalized spacial score (nSPS) is 16.4. The molecule has 1 saturated heterocycles. The number of hydrogen-bond acceptors (Lipinski definition) is 5. The molecule has 0 N–H and O–H groups in total.